The zero-order chi connectivity index (χ0) is 12.0. The number of halogens is 1. The fourth-order valence-corrected chi connectivity index (χ4v) is 2.09. The fourth-order valence-electron chi connectivity index (χ4n) is 1.21. The van der Waals surface area contributed by atoms with Crippen molar-refractivity contribution in [2.75, 3.05) is 12.4 Å². The summed E-state index contributed by atoms with van der Waals surface area (Å²) >= 11 is 1.54. The van der Waals surface area contributed by atoms with Crippen molar-refractivity contribution in [2.24, 2.45) is 0 Å². The van der Waals surface area contributed by atoms with Crippen molar-refractivity contribution in [2.45, 2.75) is 12.2 Å². The molecule has 0 unspecified atom stereocenters. The number of carbonyl (C=O) groups is 1. The molecule has 0 heterocycles. The van der Waals surface area contributed by atoms with E-state index in [0.29, 0.717) is 17.7 Å². The monoisotopic (exact) mass is 244 g/mol. The zero-order valence-electron chi connectivity index (χ0n) is 8.65. The van der Waals surface area contributed by atoms with Gasteiger partial charge in [0.05, 0.1) is 5.56 Å². The molecule has 1 aromatic carbocycles. The third kappa shape index (κ3) is 4.20. The van der Waals surface area contributed by atoms with Crippen LogP contribution in [0.2, 0.25) is 0 Å². The third-order valence-electron chi connectivity index (χ3n) is 1.92. The maximum atomic E-state index is 13.1. The Kier molecular flexibility index (Phi) is 5.28. The topological polar surface area (TPSA) is 57.5 Å². The highest BCUT2D eigenvalue weighted by Crippen LogP contribution is 2.16. The predicted molar refractivity (Wildman–Crippen MR) is 61.2 cm³/mol. The molecule has 1 rings (SSSR count). The molecule has 0 aliphatic carbocycles. The molecule has 0 atom stereocenters. The van der Waals surface area contributed by atoms with Crippen molar-refractivity contribution in [3.8, 4) is 0 Å². The number of aliphatic hydroxyl groups excluding tert-OH is 1. The van der Waals surface area contributed by atoms with E-state index in [-0.39, 0.29) is 12.2 Å². The number of rotatable bonds is 6. The average Bonchev–Trinajstić information content (AvgIpc) is 2.23. The summed E-state index contributed by atoms with van der Waals surface area (Å²) in [6, 6.07) is 3.81. The third-order valence-corrected chi connectivity index (χ3v) is 3.03. The molecule has 1 aromatic rings. The van der Waals surface area contributed by atoms with Crippen LogP contribution in [0.25, 0.3) is 0 Å². The minimum atomic E-state index is -1.12. The quantitative estimate of drug-likeness (QED) is 0.753. The summed E-state index contributed by atoms with van der Waals surface area (Å²) in [5.41, 5.74) is 0.623. The van der Waals surface area contributed by atoms with Crippen LogP contribution >= 0.6 is 11.8 Å². The Labute approximate surface area is 97.3 Å². The first-order valence-electron chi connectivity index (χ1n) is 4.85. The first kappa shape index (κ1) is 13.0. The summed E-state index contributed by atoms with van der Waals surface area (Å²) in [7, 11) is 0. The second kappa shape index (κ2) is 6.50. The maximum Gasteiger partial charge on any atom is 0.335 e. The molecule has 0 aliphatic heterocycles. The van der Waals surface area contributed by atoms with Gasteiger partial charge in [-0.25, -0.2) is 9.18 Å². The molecule has 0 amide bonds. The Morgan fingerprint density at radius 3 is 2.75 bits per heavy atom. The van der Waals surface area contributed by atoms with E-state index >= 15 is 0 Å². The Hall–Kier alpha value is -1.07. The van der Waals surface area contributed by atoms with Gasteiger partial charge in [-0.3, -0.25) is 0 Å². The number of hydrogen-bond donors (Lipinski definition) is 2. The summed E-state index contributed by atoms with van der Waals surface area (Å²) in [4.78, 5) is 10.7. The van der Waals surface area contributed by atoms with Crippen LogP contribution in [-0.4, -0.2) is 28.5 Å². The smallest absolute Gasteiger partial charge is 0.335 e. The van der Waals surface area contributed by atoms with Gasteiger partial charge in [-0.1, -0.05) is 0 Å². The van der Waals surface area contributed by atoms with E-state index in [4.69, 9.17) is 10.2 Å². The standard InChI is InChI=1S/C11H13FO3S/c12-10-5-8(7-16-3-1-2-13)4-9(6-10)11(14)15/h4-6,13H,1-3,7H2,(H,14,15). The number of aliphatic hydroxyl groups is 1. The minimum Gasteiger partial charge on any atom is -0.478 e. The van der Waals surface area contributed by atoms with Crippen LogP contribution in [0, 0.1) is 5.82 Å². The molecule has 5 heteroatoms. The number of carboxylic acid groups (broad SMARTS) is 1. The van der Waals surface area contributed by atoms with Crippen LogP contribution in [0.5, 0.6) is 0 Å². The van der Waals surface area contributed by atoms with Crippen molar-refractivity contribution in [1.29, 1.82) is 0 Å². The summed E-state index contributed by atoms with van der Waals surface area (Å²) in [5.74, 6) is -0.327. The lowest BCUT2D eigenvalue weighted by molar-refractivity contribution is 0.0696. The predicted octanol–water partition coefficient (Wildman–Crippen LogP) is 2.14. The van der Waals surface area contributed by atoms with E-state index in [2.05, 4.69) is 0 Å². The molecular formula is C11H13FO3S. The lowest BCUT2D eigenvalue weighted by atomic mass is 10.1. The SMILES string of the molecule is O=C(O)c1cc(F)cc(CSCCCO)c1. The lowest BCUT2D eigenvalue weighted by Gasteiger charge is -2.03. The molecule has 88 valence electrons. The van der Waals surface area contributed by atoms with Gasteiger partial charge in [-0.2, -0.15) is 11.8 Å². The van der Waals surface area contributed by atoms with Crippen molar-refractivity contribution in [3.63, 3.8) is 0 Å². The maximum absolute atomic E-state index is 13.1. The minimum absolute atomic E-state index is 0.0299. The Balaban J connectivity index is 2.62. The molecule has 0 saturated carbocycles. The summed E-state index contributed by atoms with van der Waals surface area (Å²) in [6.45, 7) is 0.135. The second-order valence-electron chi connectivity index (χ2n) is 3.28. The van der Waals surface area contributed by atoms with E-state index < -0.39 is 11.8 Å². The van der Waals surface area contributed by atoms with Gasteiger partial charge in [-0.15, -0.1) is 0 Å². The number of benzene rings is 1. The van der Waals surface area contributed by atoms with Crippen LogP contribution in [0.3, 0.4) is 0 Å². The summed E-state index contributed by atoms with van der Waals surface area (Å²) < 4.78 is 13.1. The van der Waals surface area contributed by atoms with Gasteiger partial charge in [0.2, 0.25) is 0 Å². The number of hydrogen-bond acceptors (Lipinski definition) is 3. The molecular weight excluding hydrogens is 231 g/mol. The Morgan fingerprint density at radius 2 is 2.12 bits per heavy atom. The molecule has 0 aromatic heterocycles. The van der Waals surface area contributed by atoms with Crippen LogP contribution in [0.1, 0.15) is 22.3 Å². The van der Waals surface area contributed by atoms with Crippen LogP contribution in [0.15, 0.2) is 18.2 Å². The van der Waals surface area contributed by atoms with Crippen LogP contribution in [-0.2, 0) is 5.75 Å². The molecule has 0 saturated heterocycles. The molecule has 0 radical (unpaired) electrons. The van der Waals surface area contributed by atoms with Gasteiger partial charge >= 0.3 is 5.97 Å². The van der Waals surface area contributed by atoms with E-state index in [9.17, 15) is 9.18 Å². The molecule has 0 aliphatic rings. The normalized spacial score (nSPS) is 10.4. The zero-order valence-corrected chi connectivity index (χ0v) is 9.47. The van der Waals surface area contributed by atoms with Gasteiger partial charge in [0.15, 0.2) is 0 Å². The second-order valence-corrected chi connectivity index (χ2v) is 4.39. The van der Waals surface area contributed by atoms with Crippen LogP contribution < -0.4 is 0 Å². The summed E-state index contributed by atoms with van der Waals surface area (Å²) in [5, 5.41) is 17.3. The van der Waals surface area contributed by atoms with Gasteiger partial charge in [0, 0.05) is 12.4 Å². The number of aromatic carboxylic acids is 1. The summed E-state index contributed by atoms with van der Waals surface area (Å²) in [6.07, 6.45) is 0.686. The van der Waals surface area contributed by atoms with Crippen molar-refractivity contribution < 1.29 is 19.4 Å². The highest BCUT2D eigenvalue weighted by Gasteiger charge is 2.06. The van der Waals surface area contributed by atoms with Gasteiger partial charge in [0.25, 0.3) is 0 Å². The van der Waals surface area contributed by atoms with Crippen LogP contribution in [0.4, 0.5) is 4.39 Å². The largest absolute Gasteiger partial charge is 0.478 e. The lowest BCUT2D eigenvalue weighted by Crippen LogP contribution is -1.99. The van der Waals surface area contributed by atoms with Gasteiger partial charge in [0.1, 0.15) is 5.82 Å². The van der Waals surface area contributed by atoms with Gasteiger partial charge < -0.3 is 10.2 Å². The molecule has 0 spiro atoms. The van der Waals surface area contributed by atoms with Gasteiger partial charge in [-0.05, 0) is 35.9 Å². The van der Waals surface area contributed by atoms with E-state index in [1.54, 1.807) is 11.8 Å². The highest BCUT2D eigenvalue weighted by atomic mass is 32.2. The molecule has 3 nitrogen and oxygen atoms in total. The van der Waals surface area contributed by atoms with Crippen molar-refractivity contribution in [1.82, 2.24) is 0 Å². The first-order valence-corrected chi connectivity index (χ1v) is 6.00. The van der Waals surface area contributed by atoms with Crippen molar-refractivity contribution >= 4 is 17.7 Å². The highest BCUT2D eigenvalue weighted by molar-refractivity contribution is 7.98. The molecule has 16 heavy (non-hydrogen) atoms. The molecule has 0 bridgehead atoms. The van der Waals surface area contributed by atoms with Crippen molar-refractivity contribution in [3.05, 3.63) is 35.1 Å². The number of carboxylic acids is 1. The fraction of sp³-hybridized carbons (Fsp3) is 0.364. The van der Waals surface area contributed by atoms with E-state index in [1.165, 1.54) is 12.1 Å². The van der Waals surface area contributed by atoms with E-state index in [1.807, 2.05) is 0 Å². The Morgan fingerprint density at radius 1 is 1.38 bits per heavy atom. The molecule has 0 fully saturated rings. The first-order chi connectivity index (χ1) is 7.63. The average molecular weight is 244 g/mol. The molecule has 2 N–H and O–H groups in total. The number of thioether (sulfide) groups is 1. The Bertz CT molecular complexity index is 368. The van der Waals surface area contributed by atoms with E-state index in [0.717, 1.165) is 11.8 Å².